The molecule has 0 fully saturated rings. The molecule has 2 N–H and O–H groups in total. The fourth-order valence-corrected chi connectivity index (χ4v) is 2.55. The van der Waals surface area contributed by atoms with Gasteiger partial charge in [0.2, 0.25) is 0 Å². The zero-order chi connectivity index (χ0) is 12.4. The maximum Gasteiger partial charge on any atom is 0.159 e. The monoisotopic (exact) mass is 253 g/mol. The van der Waals surface area contributed by atoms with Crippen LogP contribution in [0.25, 0.3) is 0 Å². The zero-order valence-electron chi connectivity index (χ0n) is 9.41. The maximum absolute atomic E-state index is 13.0. The molecule has 0 aliphatic rings. The molecule has 1 aromatic carbocycles. The number of hydrogen-bond donors (Lipinski definition) is 1. The Bertz CT molecular complexity index is 522. The Morgan fingerprint density at radius 2 is 1.94 bits per heavy atom. The first-order valence-corrected chi connectivity index (χ1v) is 6.14. The van der Waals surface area contributed by atoms with Crippen molar-refractivity contribution in [1.82, 2.24) is 0 Å². The Hall–Kier alpha value is -1.26. The highest BCUT2D eigenvalue weighted by molar-refractivity contribution is 7.12. The maximum atomic E-state index is 13.0. The minimum atomic E-state index is -0.825. The van der Waals surface area contributed by atoms with E-state index in [9.17, 15) is 8.78 Å². The molecular weight excluding hydrogens is 240 g/mol. The Balaban J connectivity index is 2.12. The molecule has 0 radical (unpaired) electrons. The molecule has 0 spiro atoms. The van der Waals surface area contributed by atoms with Crippen LogP contribution in [0, 0.1) is 18.6 Å². The van der Waals surface area contributed by atoms with E-state index in [1.54, 1.807) is 17.4 Å². The number of aryl methyl sites for hydroxylation is 1. The number of thiophene rings is 1. The summed E-state index contributed by atoms with van der Waals surface area (Å²) >= 11 is 1.63. The second-order valence-electron chi connectivity index (χ2n) is 4.01. The van der Waals surface area contributed by atoms with Crippen molar-refractivity contribution < 1.29 is 8.78 Å². The van der Waals surface area contributed by atoms with Crippen molar-refractivity contribution in [2.45, 2.75) is 19.4 Å². The van der Waals surface area contributed by atoms with Crippen LogP contribution in [0.5, 0.6) is 0 Å². The van der Waals surface area contributed by atoms with Gasteiger partial charge in [0.25, 0.3) is 0 Å². The van der Waals surface area contributed by atoms with Gasteiger partial charge in [0.15, 0.2) is 11.6 Å². The molecule has 0 aliphatic carbocycles. The van der Waals surface area contributed by atoms with Crippen LogP contribution in [0.15, 0.2) is 30.3 Å². The SMILES string of the molecule is Cc1ccc(C(N)Cc2ccc(F)c(F)c2)s1. The highest BCUT2D eigenvalue weighted by Gasteiger charge is 2.10. The van der Waals surface area contributed by atoms with Crippen molar-refractivity contribution in [3.05, 3.63) is 57.3 Å². The first-order chi connectivity index (χ1) is 8.06. The lowest BCUT2D eigenvalue weighted by Crippen LogP contribution is -2.12. The lowest BCUT2D eigenvalue weighted by Gasteiger charge is -2.09. The van der Waals surface area contributed by atoms with E-state index in [4.69, 9.17) is 5.73 Å². The molecule has 1 atom stereocenters. The fraction of sp³-hybridized carbons (Fsp3) is 0.231. The van der Waals surface area contributed by atoms with Crippen LogP contribution in [-0.2, 0) is 6.42 Å². The molecule has 1 heterocycles. The lowest BCUT2D eigenvalue weighted by atomic mass is 10.1. The number of benzene rings is 1. The van der Waals surface area contributed by atoms with E-state index in [0.29, 0.717) is 12.0 Å². The third-order valence-corrected chi connectivity index (χ3v) is 3.70. The molecule has 0 aliphatic heterocycles. The van der Waals surface area contributed by atoms with E-state index < -0.39 is 11.6 Å². The number of hydrogen-bond acceptors (Lipinski definition) is 2. The third-order valence-electron chi connectivity index (χ3n) is 2.57. The molecule has 1 nitrogen and oxygen atoms in total. The summed E-state index contributed by atoms with van der Waals surface area (Å²) in [6.07, 6.45) is 0.511. The summed E-state index contributed by atoms with van der Waals surface area (Å²) in [6, 6.07) is 7.72. The van der Waals surface area contributed by atoms with Gasteiger partial charge in [0, 0.05) is 15.8 Å². The van der Waals surface area contributed by atoms with E-state index in [0.717, 1.165) is 10.9 Å². The molecule has 0 saturated heterocycles. The Morgan fingerprint density at radius 1 is 1.18 bits per heavy atom. The largest absolute Gasteiger partial charge is 0.323 e. The van der Waals surface area contributed by atoms with Gasteiger partial charge in [-0.3, -0.25) is 0 Å². The molecule has 4 heteroatoms. The highest BCUT2D eigenvalue weighted by Crippen LogP contribution is 2.24. The van der Waals surface area contributed by atoms with Crippen molar-refractivity contribution in [2.75, 3.05) is 0 Å². The van der Waals surface area contributed by atoms with Crippen LogP contribution >= 0.6 is 11.3 Å². The normalized spacial score (nSPS) is 12.7. The van der Waals surface area contributed by atoms with Gasteiger partial charge in [-0.1, -0.05) is 6.07 Å². The smallest absolute Gasteiger partial charge is 0.159 e. The van der Waals surface area contributed by atoms with Crippen LogP contribution in [0.1, 0.15) is 21.4 Å². The lowest BCUT2D eigenvalue weighted by molar-refractivity contribution is 0.506. The molecule has 0 bridgehead atoms. The van der Waals surface area contributed by atoms with Gasteiger partial charge < -0.3 is 5.73 Å². The summed E-state index contributed by atoms with van der Waals surface area (Å²) in [6.45, 7) is 2.01. The standard InChI is InChI=1S/C13H13F2NS/c1-8-2-5-13(17-8)12(16)7-9-3-4-10(14)11(15)6-9/h2-6,12H,7,16H2,1H3. The van der Waals surface area contributed by atoms with Crippen molar-refractivity contribution in [2.24, 2.45) is 5.73 Å². The van der Waals surface area contributed by atoms with Crippen LogP contribution in [0.2, 0.25) is 0 Å². The molecule has 0 amide bonds. The van der Waals surface area contributed by atoms with Gasteiger partial charge in [-0.2, -0.15) is 0 Å². The first kappa shape index (κ1) is 12.2. The molecular formula is C13H13F2NS. The van der Waals surface area contributed by atoms with Gasteiger partial charge in [-0.15, -0.1) is 11.3 Å². The fourth-order valence-electron chi connectivity index (χ4n) is 1.67. The molecule has 0 saturated carbocycles. The van der Waals surface area contributed by atoms with Gasteiger partial charge in [0.05, 0.1) is 0 Å². The Labute approximate surface area is 103 Å². The van der Waals surface area contributed by atoms with E-state index in [1.807, 2.05) is 19.1 Å². The van der Waals surface area contributed by atoms with Crippen LogP contribution < -0.4 is 5.73 Å². The quantitative estimate of drug-likeness (QED) is 0.889. The van der Waals surface area contributed by atoms with Crippen molar-refractivity contribution in [3.8, 4) is 0 Å². The van der Waals surface area contributed by atoms with E-state index in [-0.39, 0.29) is 6.04 Å². The van der Waals surface area contributed by atoms with Gasteiger partial charge >= 0.3 is 0 Å². The zero-order valence-corrected chi connectivity index (χ0v) is 10.2. The van der Waals surface area contributed by atoms with Gasteiger partial charge in [-0.25, -0.2) is 8.78 Å². The predicted octanol–water partition coefficient (Wildman–Crippen LogP) is 3.58. The molecule has 17 heavy (non-hydrogen) atoms. The van der Waals surface area contributed by atoms with Gasteiger partial charge in [-0.05, 0) is 43.2 Å². The van der Waals surface area contributed by atoms with Crippen LogP contribution in [-0.4, -0.2) is 0 Å². The Kier molecular flexibility index (Phi) is 3.54. The molecule has 2 rings (SSSR count). The summed E-state index contributed by atoms with van der Waals surface area (Å²) in [5.41, 5.74) is 6.73. The predicted molar refractivity (Wildman–Crippen MR) is 66.0 cm³/mol. The van der Waals surface area contributed by atoms with E-state index >= 15 is 0 Å². The summed E-state index contributed by atoms with van der Waals surface area (Å²) in [7, 11) is 0. The molecule has 90 valence electrons. The van der Waals surface area contributed by atoms with Crippen molar-refractivity contribution in [1.29, 1.82) is 0 Å². The summed E-state index contributed by atoms with van der Waals surface area (Å²) in [5, 5.41) is 0. The van der Waals surface area contributed by atoms with Gasteiger partial charge in [0.1, 0.15) is 0 Å². The minimum Gasteiger partial charge on any atom is -0.323 e. The van der Waals surface area contributed by atoms with Crippen molar-refractivity contribution in [3.63, 3.8) is 0 Å². The minimum absolute atomic E-state index is 0.168. The second kappa shape index (κ2) is 4.94. The van der Waals surface area contributed by atoms with Crippen molar-refractivity contribution >= 4 is 11.3 Å². The van der Waals surface area contributed by atoms with E-state index in [1.165, 1.54) is 10.9 Å². The van der Waals surface area contributed by atoms with E-state index in [2.05, 4.69) is 0 Å². The first-order valence-electron chi connectivity index (χ1n) is 5.32. The third kappa shape index (κ3) is 2.90. The molecule has 2 aromatic rings. The average molecular weight is 253 g/mol. The molecule has 1 unspecified atom stereocenters. The highest BCUT2D eigenvalue weighted by atomic mass is 32.1. The number of rotatable bonds is 3. The van der Waals surface area contributed by atoms with Crippen LogP contribution in [0.4, 0.5) is 8.78 Å². The number of halogens is 2. The average Bonchev–Trinajstić information content (AvgIpc) is 2.70. The summed E-state index contributed by atoms with van der Waals surface area (Å²) < 4.78 is 25.8. The number of nitrogens with two attached hydrogens (primary N) is 1. The summed E-state index contributed by atoms with van der Waals surface area (Å²) in [5.74, 6) is -1.65. The Morgan fingerprint density at radius 3 is 2.53 bits per heavy atom. The molecule has 1 aromatic heterocycles. The topological polar surface area (TPSA) is 26.0 Å². The van der Waals surface area contributed by atoms with Crippen LogP contribution in [0.3, 0.4) is 0 Å². The second-order valence-corrected chi connectivity index (χ2v) is 5.33. The summed E-state index contributed by atoms with van der Waals surface area (Å²) in [4.78, 5) is 2.26.